The van der Waals surface area contributed by atoms with Gasteiger partial charge < -0.3 is 15.4 Å². The molecule has 1 heterocycles. The van der Waals surface area contributed by atoms with Gasteiger partial charge in [0, 0.05) is 14.2 Å². The summed E-state index contributed by atoms with van der Waals surface area (Å²) in [5.74, 6) is 0.682. The summed E-state index contributed by atoms with van der Waals surface area (Å²) in [5.41, 5.74) is 5.96. The summed E-state index contributed by atoms with van der Waals surface area (Å²) in [5, 5.41) is 0. The Morgan fingerprint density at radius 1 is 1.64 bits per heavy atom. The van der Waals surface area contributed by atoms with E-state index in [9.17, 15) is 0 Å². The molecule has 14 heavy (non-hydrogen) atoms. The molecule has 2 unspecified atom stereocenters. The van der Waals surface area contributed by atoms with Gasteiger partial charge in [-0.2, -0.15) is 0 Å². The first kappa shape index (κ1) is 9.77. The third kappa shape index (κ3) is 1.38. The third-order valence-electron chi connectivity index (χ3n) is 3.70. The first-order valence-electron chi connectivity index (χ1n) is 5.24. The van der Waals surface area contributed by atoms with Crippen molar-refractivity contribution < 1.29 is 4.74 Å². The van der Waals surface area contributed by atoms with Gasteiger partial charge in [-0.3, -0.25) is 4.99 Å². The number of guanidine groups is 1. The van der Waals surface area contributed by atoms with Gasteiger partial charge in [-0.1, -0.05) is 0 Å². The second-order valence-corrected chi connectivity index (χ2v) is 4.41. The van der Waals surface area contributed by atoms with E-state index in [0.717, 1.165) is 13.0 Å². The molecule has 1 aliphatic carbocycles. The Labute approximate surface area is 85.1 Å². The van der Waals surface area contributed by atoms with Gasteiger partial charge in [0.2, 0.25) is 0 Å². The maximum Gasteiger partial charge on any atom is 0.191 e. The van der Waals surface area contributed by atoms with Crippen molar-refractivity contribution in [2.45, 2.75) is 37.3 Å². The molecule has 0 aromatic rings. The molecule has 2 N–H and O–H groups in total. The van der Waals surface area contributed by atoms with Gasteiger partial charge in [-0.15, -0.1) is 0 Å². The number of likely N-dealkylation sites (N-methyl/N-ethyl adjacent to an activating group) is 1. The van der Waals surface area contributed by atoms with Crippen molar-refractivity contribution in [3.05, 3.63) is 0 Å². The maximum absolute atomic E-state index is 5.81. The van der Waals surface area contributed by atoms with Crippen molar-refractivity contribution in [1.82, 2.24) is 4.90 Å². The molecule has 2 atom stereocenters. The summed E-state index contributed by atoms with van der Waals surface area (Å²) in [6.07, 6.45) is 5.02. The molecule has 2 aliphatic rings. The summed E-state index contributed by atoms with van der Waals surface area (Å²) in [7, 11) is 3.84. The standard InChI is InChI=1S/C10H19N3O/c1-13-9(11)12-7-10(13)5-3-4-8(6-10)14-2/h8H,3-7H2,1-2H3,(H2,11,12). The minimum Gasteiger partial charge on any atom is -0.381 e. The molecule has 0 bridgehead atoms. The average molecular weight is 197 g/mol. The Bertz CT molecular complexity index is 254. The monoisotopic (exact) mass is 197 g/mol. The van der Waals surface area contributed by atoms with Gasteiger partial charge in [0.15, 0.2) is 5.96 Å². The van der Waals surface area contributed by atoms with E-state index < -0.39 is 0 Å². The van der Waals surface area contributed by atoms with Crippen LogP contribution >= 0.6 is 0 Å². The van der Waals surface area contributed by atoms with Crippen LogP contribution in [0.25, 0.3) is 0 Å². The SMILES string of the molecule is COC1CCCC2(CN=C(N)N2C)C1. The van der Waals surface area contributed by atoms with E-state index in [1.54, 1.807) is 7.11 Å². The summed E-state index contributed by atoms with van der Waals surface area (Å²) < 4.78 is 5.44. The quantitative estimate of drug-likeness (QED) is 0.668. The van der Waals surface area contributed by atoms with Crippen LogP contribution in [-0.2, 0) is 4.74 Å². The van der Waals surface area contributed by atoms with Crippen LogP contribution in [0.2, 0.25) is 0 Å². The molecule has 0 amide bonds. The fourth-order valence-corrected chi connectivity index (χ4v) is 2.62. The number of ether oxygens (including phenoxy) is 1. The van der Waals surface area contributed by atoms with Crippen molar-refractivity contribution in [3.63, 3.8) is 0 Å². The third-order valence-corrected chi connectivity index (χ3v) is 3.70. The van der Waals surface area contributed by atoms with E-state index in [0.29, 0.717) is 12.1 Å². The molecule has 1 spiro atoms. The van der Waals surface area contributed by atoms with Gasteiger partial charge in [0.25, 0.3) is 0 Å². The number of hydrogen-bond acceptors (Lipinski definition) is 4. The lowest BCUT2D eigenvalue weighted by atomic mass is 9.79. The molecule has 0 radical (unpaired) electrons. The van der Waals surface area contributed by atoms with E-state index in [1.807, 2.05) is 7.05 Å². The Morgan fingerprint density at radius 3 is 3.00 bits per heavy atom. The fourth-order valence-electron chi connectivity index (χ4n) is 2.62. The van der Waals surface area contributed by atoms with Gasteiger partial charge in [-0.25, -0.2) is 0 Å². The maximum atomic E-state index is 5.81. The topological polar surface area (TPSA) is 50.9 Å². The van der Waals surface area contributed by atoms with Crippen molar-refractivity contribution in [3.8, 4) is 0 Å². The molecule has 0 aromatic carbocycles. The Hall–Kier alpha value is -0.770. The Kier molecular flexibility index (Phi) is 2.39. The molecule has 4 heteroatoms. The highest BCUT2D eigenvalue weighted by atomic mass is 16.5. The Balaban J connectivity index is 2.10. The number of nitrogens with zero attached hydrogens (tertiary/aromatic N) is 2. The summed E-state index contributed by atoms with van der Waals surface area (Å²) in [4.78, 5) is 6.46. The predicted octanol–water partition coefficient (Wildman–Crippen LogP) is 0.574. The molecule has 1 saturated carbocycles. The zero-order valence-electron chi connectivity index (χ0n) is 8.99. The first-order chi connectivity index (χ1) is 6.68. The zero-order valence-corrected chi connectivity index (χ0v) is 8.99. The van der Waals surface area contributed by atoms with Crippen LogP contribution in [0.3, 0.4) is 0 Å². The van der Waals surface area contributed by atoms with Crippen LogP contribution in [0.4, 0.5) is 0 Å². The minimum absolute atomic E-state index is 0.156. The number of rotatable bonds is 1. The lowest BCUT2D eigenvalue weighted by Crippen LogP contribution is -2.53. The molecule has 80 valence electrons. The van der Waals surface area contributed by atoms with Crippen LogP contribution in [0.15, 0.2) is 4.99 Å². The number of aliphatic imine (C=N–C) groups is 1. The molecule has 1 aliphatic heterocycles. The number of nitrogens with two attached hydrogens (primary N) is 1. The molecule has 4 nitrogen and oxygen atoms in total. The highest BCUT2D eigenvalue weighted by Crippen LogP contribution is 2.36. The fraction of sp³-hybridized carbons (Fsp3) is 0.900. The van der Waals surface area contributed by atoms with E-state index in [2.05, 4.69) is 9.89 Å². The van der Waals surface area contributed by atoms with Gasteiger partial charge in [-0.05, 0) is 25.7 Å². The molecular weight excluding hydrogens is 178 g/mol. The number of methoxy groups -OCH3 is 1. The van der Waals surface area contributed by atoms with Crippen molar-refractivity contribution in [1.29, 1.82) is 0 Å². The zero-order chi connectivity index (χ0) is 10.2. The van der Waals surface area contributed by atoms with Crippen molar-refractivity contribution in [2.75, 3.05) is 20.7 Å². The second-order valence-electron chi connectivity index (χ2n) is 4.41. The number of hydrogen-bond donors (Lipinski definition) is 1. The lowest BCUT2D eigenvalue weighted by molar-refractivity contribution is 0.0151. The lowest BCUT2D eigenvalue weighted by Gasteiger charge is -2.42. The van der Waals surface area contributed by atoms with Gasteiger partial charge >= 0.3 is 0 Å². The van der Waals surface area contributed by atoms with E-state index >= 15 is 0 Å². The molecular formula is C10H19N3O. The molecule has 2 rings (SSSR count). The Morgan fingerprint density at radius 2 is 2.43 bits per heavy atom. The van der Waals surface area contributed by atoms with Crippen LogP contribution < -0.4 is 5.73 Å². The van der Waals surface area contributed by atoms with Gasteiger partial charge in [0.1, 0.15) is 0 Å². The first-order valence-corrected chi connectivity index (χ1v) is 5.24. The second kappa shape index (κ2) is 3.42. The predicted molar refractivity (Wildman–Crippen MR) is 56.2 cm³/mol. The molecule has 1 fully saturated rings. The average Bonchev–Trinajstić information content (AvgIpc) is 2.48. The van der Waals surface area contributed by atoms with Crippen LogP contribution in [0.5, 0.6) is 0 Å². The smallest absolute Gasteiger partial charge is 0.191 e. The molecule has 0 aromatic heterocycles. The van der Waals surface area contributed by atoms with Crippen LogP contribution in [-0.4, -0.2) is 43.2 Å². The highest BCUT2D eigenvalue weighted by molar-refractivity contribution is 5.80. The van der Waals surface area contributed by atoms with Gasteiger partial charge in [0.05, 0.1) is 18.2 Å². The normalized spacial score (nSPS) is 37.7. The largest absolute Gasteiger partial charge is 0.381 e. The highest BCUT2D eigenvalue weighted by Gasteiger charge is 2.43. The van der Waals surface area contributed by atoms with E-state index in [4.69, 9.17) is 10.5 Å². The summed E-state index contributed by atoms with van der Waals surface area (Å²) >= 11 is 0. The van der Waals surface area contributed by atoms with Crippen molar-refractivity contribution in [2.24, 2.45) is 10.7 Å². The summed E-state index contributed by atoms with van der Waals surface area (Å²) in [6, 6.07) is 0. The van der Waals surface area contributed by atoms with Crippen LogP contribution in [0, 0.1) is 0 Å². The van der Waals surface area contributed by atoms with Crippen LogP contribution in [0.1, 0.15) is 25.7 Å². The van der Waals surface area contributed by atoms with E-state index in [-0.39, 0.29) is 5.54 Å². The van der Waals surface area contributed by atoms with Crippen molar-refractivity contribution >= 4 is 5.96 Å². The minimum atomic E-state index is 0.156. The summed E-state index contributed by atoms with van der Waals surface area (Å²) in [6.45, 7) is 0.842. The molecule has 0 saturated heterocycles. The van der Waals surface area contributed by atoms with E-state index in [1.165, 1.54) is 19.3 Å².